The average molecular weight is 172 g/mol. The Labute approximate surface area is 72.7 Å². The van der Waals surface area contributed by atoms with Crippen molar-refractivity contribution in [3.8, 4) is 0 Å². The number of ether oxygens (including phenoxy) is 2. The molecular formula is C9H16O3. The van der Waals surface area contributed by atoms with Gasteiger partial charge in [-0.25, -0.2) is 0 Å². The van der Waals surface area contributed by atoms with E-state index in [1.807, 2.05) is 13.8 Å². The van der Waals surface area contributed by atoms with Crippen LogP contribution < -0.4 is 0 Å². The van der Waals surface area contributed by atoms with Gasteiger partial charge in [0.15, 0.2) is 5.79 Å². The SMILES string of the molecule is C[C@H]1OC2(CCC[C@@H]2O)O[C@@H]1C. The summed E-state index contributed by atoms with van der Waals surface area (Å²) in [4.78, 5) is 0. The van der Waals surface area contributed by atoms with Crippen LogP contribution in [0.25, 0.3) is 0 Å². The molecule has 0 unspecified atom stereocenters. The van der Waals surface area contributed by atoms with Gasteiger partial charge >= 0.3 is 0 Å². The first-order valence-electron chi connectivity index (χ1n) is 4.68. The van der Waals surface area contributed by atoms with Crippen molar-refractivity contribution in [1.82, 2.24) is 0 Å². The fourth-order valence-corrected chi connectivity index (χ4v) is 2.05. The van der Waals surface area contributed by atoms with E-state index in [9.17, 15) is 5.11 Å². The van der Waals surface area contributed by atoms with Crippen molar-refractivity contribution in [2.24, 2.45) is 0 Å². The second-order valence-electron chi connectivity index (χ2n) is 3.87. The van der Waals surface area contributed by atoms with Gasteiger partial charge < -0.3 is 14.6 Å². The first kappa shape index (κ1) is 8.48. The van der Waals surface area contributed by atoms with E-state index in [1.54, 1.807) is 0 Å². The fraction of sp³-hybridized carbons (Fsp3) is 1.00. The van der Waals surface area contributed by atoms with Gasteiger partial charge in [0.1, 0.15) is 6.10 Å². The lowest BCUT2D eigenvalue weighted by molar-refractivity contribution is -0.217. The van der Waals surface area contributed by atoms with E-state index in [4.69, 9.17) is 9.47 Å². The minimum Gasteiger partial charge on any atom is -0.388 e. The summed E-state index contributed by atoms with van der Waals surface area (Å²) in [6.45, 7) is 3.98. The normalized spacial score (nSPS) is 45.8. The Kier molecular flexibility index (Phi) is 1.90. The summed E-state index contributed by atoms with van der Waals surface area (Å²) in [5.74, 6) is -0.654. The largest absolute Gasteiger partial charge is 0.388 e. The predicted octanol–water partition coefficient (Wildman–Crippen LogP) is 1.05. The molecule has 0 radical (unpaired) electrons. The second kappa shape index (κ2) is 2.69. The fourth-order valence-electron chi connectivity index (χ4n) is 2.05. The van der Waals surface area contributed by atoms with E-state index < -0.39 is 11.9 Å². The molecule has 2 fully saturated rings. The van der Waals surface area contributed by atoms with Crippen LogP contribution in [-0.4, -0.2) is 29.2 Å². The van der Waals surface area contributed by atoms with Gasteiger partial charge in [-0.15, -0.1) is 0 Å². The molecule has 3 heteroatoms. The lowest BCUT2D eigenvalue weighted by atomic mass is 10.2. The molecule has 70 valence electrons. The molecule has 1 saturated heterocycles. The molecule has 3 atom stereocenters. The standard InChI is InChI=1S/C9H16O3/c1-6-7(2)12-9(11-6)5-3-4-8(9)10/h6-8,10H,3-5H2,1-2H3/t6-,7-,8+/m1/s1. The van der Waals surface area contributed by atoms with Gasteiger partial charge in [0.25, 0.3) is 0 Å². The molecule has 0 aromatic carbocycles. The van der Waals surface area contributed by atoms with Crippen LogP contribution >= 0.6 is 0 Å². The van der Waals surface area contributed by atoms with Crippen molar-refractivity contribution < 1.29 is 14.6 Å². The molecular weight excluding hydrogens is 156 g/mol. The van der Waals surface area contributed by atoms with Gasteiger partial charge in [-0.1, -0.05) is 0 Å². The number of aliphatic hydroxyl groups is 1. The summed E-state index contributed by atoms with van der Waals surface area (Å²) >= 11 is 0. The first-order chi connectivity index (χ1) is 5.64. The minimum absolute atomic E-state index is 0.109. The number of aliphatic hydroxyl groups excluding tert-OH is 1. The Morgan fingerprint density at radius 1 is 1.25 bits per heavy atom. The zero-order chi connectivity index (χ0) is 8.77. The van der Waals surface area contributed by atoms with Crippen LogP contribution in [0, 0.1) is 0 Å². The van der Waals surface area contributed by atoms with E-state index in [0.29, 0.717) is 0 Å². The molecule has 1 N–H and O–H groups in total. The van der Waals surface area contributed by atoms with Gasteiger partial charge in [-0.05, 0) is 26.7 Å². The summed E-state index contributed by atoms with van der Waals surface area (Å²) in [5, 5.41) is 9.67. The number of hydrogen-bond acceptors (Lipinski definition) is 3. The van der Waals surface area contributed by atoms with Gasteiger partial charge in [0, 0.05) is 6.42 Å². The molecule has 1 aliphatic carbocycles. The van der Waals surface area contributed by atoms with Crippen molar-refractivity contribution in [2.75, 3.05) is 0 Å². The highest BCUT2D eigenvalue weighted by Crippen LogP contribution is 2.41. The van der Waals surface area contributed by atoms with Crippen molar-refractivity contribution in [2.45, 2.75) is 57.2 Å². The zero-order valence-corrected chi connectivity index (χ0v) is 7.62. The third kappa shape index (κ3) is 1.08. The quantitative estimate of drug-likeness (QED) is 0.593. The number of hydrogen-bond donors (Lipinski definition) is 1. The molecule has 2 aliphatic rings. The van der Waals surface area contributed by atoms with Crippen LogP contribution in [0.15, 0.2) is 0 Å². The van der Waals surface area contributed by atoms with E-state index in [0.717, 1.165) is 19.3 Å². The zero-order valence-electron chi connectivity index (χ0n) is 7.62. The maximum atomic E-state index is 9.67. The van der Waals surface area contributed by atoms with Crippen LogP contribution in [0.2, 0.25) is 0 Å². The Morgan fingerprint density at radius 3 is 2.25 bits per heavy atom. The van der Waals surface area contributed by atoms with E-state index in [2.05, 4.69) is 0 Å². The molecule has 0 aromatic rings. The van der Waals surface area contributed by atoms with Gasteiger partial charge in [-0.3, -0.25) is 0 Å². The molecule has 1 spiro atoms. The lowest BCUT2D eigenvalue weighted by Gasteiger charge is -2.26. The highest BCUT2D eigenvalue weighted by atomic mass is 16.8. The maximum Gasteiger partial charge on any atom is 0.195 e. The molecule has 3 nitrogen and oxygen atoms in total. The molecule has 1 saturated carbocycles. The topological polar surface area (TPSA) is 38.7 Å². The third-order valence-electron chi connectivity index (χ3n) is 2.94. The molecule has 0 bridgehead atoms. The van der Waals surface area contributed by atoms with Crippen LogP contribution in [0.3, 0.4) is 0 Å². The van der Waals surface area contributed by atoms with E-state index in [-0.39, 0.29) is 12.2 Å². The summed E-state index contributed by atoms with van der Waals surface area (Å²) < 4.78 is 11.3. The Hall–Kier alpha value is -0.120. The van der Waals surface area contributed by atoms with Crippen molar-refractivity contribution in [1.29, 1.82) is 0 Å². The second-order valence-corrected chi connectivity index (χ2v) is 3.87. The summed E-state index contributed by atoms with van der Waals surface area (Å²) in [7, 11) is 0. The van der Waals surface area contributed by atoms with Crippen LogP contribution in [0.1, 0.15) is 33.1 Å². The van der Waals surface area contributed by atoms with Crippen molar-refractivity contribution >= 4 is 0 Å². The molecule has 0 amide bonds. The van der Waals surface area contributed by atoms with Crippen LogP contribution in [0.5, 0.6) is 0 Å². The molecule has 1 aliphatic heterocycles. The summed E-state index contributed by atoms with van der Waals surface area (Å²) in [6.07, 6.45) is 2.43. The molecule has 2 rings (SSSR count). The highest BCUT2D eigenvalue weighted by molar-refractivity contribution is 4.92. The predicted molar refractivity (Wildman–Crippen MR) is 43.7 cm³/mol. The molecule has 1 heterocycles. The first-order valence-corrected chi connectivity index (χ1v) is 4.68. The Morgan fingerprint density at radius 2 is 1.83 bits per heavy atom. The van der Waals surface area contributed by atoms with Crippen molar-refractivity contribution in [3.63, 3.8) is 0 Å². The highest BCUT2D eigenvalue weighted by Gasteiger charge is 2.51. The summed E-state index contributed by atoms with van der Waals surface area (Å²) in [6, 6.07) is 0. The van der Waals surface area contributed by atoms with E-state index >= 15 is 0 Å². The monoisotopic (exact) mass is 172 g/mol. The summed E-state index contributed by atoms with van der Waals surface area (Å²) in [5.41, 5.74) is 0. The minimum atomic E-state index is -0.654. The number of rotatable bonds is 0. The Balaban J connectivity index is 2.13. The molecule has 12 heavy (non-hydrogen) atoms. The maximum absolute atomic E-state index is 9.67. The van der Waals surface area contributed by atoms with Gasteiger partial charge in [0.2, 0.25) is 0 Å². The lowest BCUT2D eigenvalue weighted by Crippen LogP contribution is -2.39. The Bertz CT molecular complexity index is 171. The molecule has 0 aromatic heterocycles. The smallest absolute Gasteiger partial charge is 0.195 e. The van der Waals surface area contributed by atoms with Crippen LogP contribution in [-0.2, 0) is 9.47 Å². The third-order valence-corrected chi connectivity index (χ3v) is 2.94. The van der Waals surface area contributed by atoms with Crippen LogP contribution in [0.4, 0.5) is 0 Å². The van der Waals surface area contributed by atoms with Gasteiger partial charge in [0.05, 0.1) is 12.2 Å². The van der Waals surface area contributed by atoms with E-state index in [1.165, 1.54) is 0 Å². The van der Waals surface area contributed by atoms with Gasteiger partial charge in [-0.2, -0.15) is 0 Å². The van der Waals surface area contributed by atoms with Crippen molar-refractivity contribution in [3.05, 3.63) is 0 Å². The average Bonchev–Trinajstić information content (AvgIpc) is 2.45.